The molecule has 0 radical (unpaired) electrons. The first-order valence-corrected chi connectivity index (χ1v) is 9.13. The Morgan fingerprint density at radius 3 is 2.52 bits per heavy atom. The van der Waals surface area contributed by atoms with Crippen molar-refractivity contribution >= 4 is 15.9 Å². The molecule has 0 heterocycles. The van der Waals surface area contributed by atoms with Crippen molar-refractivity contribution in [1.82, 2.24) is 10.0 Å². The van der Waals surface area contributed by atoms with Gasteiger partial charge in [0.1, 0.15) is 0 Å². The summed E-state index contributed by atoms with van der Waals surface area (Å²) in [4.78, 5) is 11.5. The molecule has 2 aromatic carbocycles. The summed E-state index contributed by atoms with van der Waals surface area (Å²) in [7, 11) is -4.00. The largest absolute Gasteiger partial charge is 0.352 e. The summed E-state index contributed by atoms with van der Waals surface area (Å²) in [5.41, 5.74) is 0.980. The lowest BCUT2D eigenvalue weighted by Crippen LogP contribution is -2.25. The van der Waals surface area contributed by atoms with Gasteiger partial charge in [0.05, 0.1) is 4.90 Å². The number of carbonyl (C=O) groups is 1. The fraction of sp³-hybridized carbons (Fsp3) is 0.235. The van der Waals surface area contributed by atoms with E-state index in [9.17, 15) is 22.0 Å². The molecule has 1 amide bonds. The zero-order chi connectivity index (χ0) is 18.4. The van der Waals surface area contributed by atoms with E-state index < -0.39 is 21.7 Å². The summed E-state index contributed by atoms with van der Waals surface area (Å²) in [6.07, 6.45) is 0.805. The third-order valence-electron chi connectivity index (χ3n) is 3.39. The van der Waals surface area contributed by atoms with E-state index >= 15 is 0 Å². The Balaban J connectivity index is 2.09. The van der Waals surface area contributed by atoms with Gasteiger partial charge in [-0.2, -0.15) is 0 Å². The fourth-order valence-corrected chi connectivity index (χ4v) is 3.10. The summed E-state index contributed by atoms with van der Waals surface area (Å²) in [5.74, 6) is -2.60. The summed E-state index contributed by atoms with van der Waals surface area (Å²) >= 11 is 0. The van der Waals surface area contributed by atoms with Crippen LogP contribution in [0.2, 0.25) is 0 Å². The molecule has 0 saturated carbocycles. The highest BCUT2D eigenvalue weighted by Gasteiger charge is 2.16. The zero-order valence-electron chi connectivity index (χ0n) is 13.6. The number of rotatable bonds is 7. The highest BCUT2D eigenvalue weighted by molar-refractivity contribution is 7.89. The third kappa shape index (κ3) is 5.07. The van der Waals surface area contributed by atoms with Crippen LogP contribution in [0.3, 0.4) is 0 Å². The molecular formula is C17H18F2N2O3S. The first kappa shape index (κ1) is 19.0. The van der Waals surface area contributed by atoms with Gasteiger partial charge >= 0.3 is 0 Å². The molecular weight excluding hydrogens is 350 g/mol. The lowest BCUT2D eigenvalue weighted by atomic mass is 10.1. The van der Waals surface area contributed by atoms with E-state index in [2.05, 4.69) is 10.0 Å². The standard InChI is InChI=1S/C17H18F2N2O3S/c1-2-8-20-17(22)13-5-3-4-12(9-13)11-21-25(23,24)14-6-7-15(18)16(19)10-14/h3-7,9-10,21H,2,8,11H2,1H3,(H,20,22). The molecule has 0 atom stereocenters. The molecule has 2 aromatic rings. The van der Waals surface area contributed by atoms with Crippen molar-refractivity contribution in [2.24, 2.45) is 0 Å². The van der Waals surface area contributed by atoms with Gasteiger partial charge in [0.2, 0.25) is 10.0 Å². The van der Waals surface area contributed by atoms with Crippen molar-refractivity contribution in [2.75, 3.05) is 6.54 Å². The van der Waals surface area contributed by atoms with Crippen LogP contribution in [0.1, 0.15) is 29.3 Å². The van der Waals surface area contributed by atoms with Crippen LogP contribution in [0.25, 0.3) is 0 Å². The van der Waals surface area contributed by atoms with Gasteiger partial charge < -0.3 is 5.32 Å². The van der Waals surface area contributed by atoms with Gasteiger partial charge in [0, 0.05) is 18.7 Å². The minimum absolute atomic E-state index is 0.0871. The van der Waals surface area contributed by atoms with Gasteiger partial charge in [-0.05, 0) is 42.3 Å². The first-order valence-electron chi connectivity index (χ1n) is 7.65. The highest BCUT2D eigenvalue weighted by Crippen LogP contribution is 2.14. The molecule has 0 spiro atoms. The first-order chi connectivity index (χ1) is 11.8. The van der Waals surface area contributed by atoms with Gasteiger partial charge in [-0.1, -0.05) is 19.1 Å². The van der Waals surface area contributed by atoms with Gasteiger partial charge in [-0.15, -0.1) is 0 Å². The molecule has 5 nitrogen and oxygen atoms in total. The minimum Gasteiger partial charge on any atom is -0.352 e. The van der Waals surface area contributed by atoms with E-state index in [1.807, 2.05) is 6.92 Å². The molecule has 0 bridgehead atoms. The monoisotopic (exact) mass is 368 g/mol. The van der Waals surface area contributed by atoms with Crippen molar-refractivity contribution in [2.45, 2.75) is 24.8 Å². The number of hydrogen-bond donors (Lipinski definition) is 2. The summed E-state index contributed by atoms with van der Waals surface area (Å²) in [6.45, 7) is 2.39. The summed E-state index contributed by atoms with van der Waals surface area (Å²) < 4.78 is 52.7. The highest BCUT2D eigenvalue weighted by atomic mass is 32.2. The summed E-state index contributed by atoms with van der Waals surface area (Å²) in [6, 6.07) is 8.84. The van der Waals surface area contributed by atoms with Crippen molar-refractivity contribution in [3.8, 4) is 0 Å². The van der Waals surface area contributed by atoms with Crippen LogP contribution in [-0.4, -0.2) is 20.9 Å². The molecule has 134 valence electrons. The molecule has 0 aliphatic rings. The number of nitrogens with one attached hydrogen (secondary N) is 2. The molecule has 0 aliphatic carbocycles. The number of halogens is 2. The number of benzene rings is 2. The maximum Gasteiger partial charge on any atom is 0.251 e. The predicted molar refractivity (Wildman–Crippen MR) is 89.4 cm³/mol. The molecule has 0 aromatic heterocycles. The Morgan fingerprint density at radius 1 is 1.08 bits per heavy atom. The molecule has 2 N–H and O–H groups in total. The molecule has 0 aliphatic heterocycles. The average molecular weight is 368 g/mol. The SMILES string of the molecule is CCCNC(=O)c1cccc(CNS(=O)(=O)c2ccc(F)c(F)c2)c1. The van der Waals surface area contributed by atoms with Crippen LogP contribution < -0.4 is 10.0 Å². The van der Waals surface area contributed by atoms with E-state index in [4.69, 9.17) is 0 Å². The molecule has 8 heteroatoms. The number of amides is 1. The molecule has 0 fully saturated rings. The smallest absolute Gasteiger partial charge is 0.251 e. The third-order valence-corrected chi connectivity index (χ3v) is 4.79. The Kier molecular flexibility index (Phi) is 6.22. The maximum atomic E-state index is 13.2. The van der Waals surface area contributed by atoms with Crippen LogP contribution >= 0.6 is 0 Å². The van der Waals surface area contributed by atoms with Crippen LogP contribution in [0.5, 0.6) is 0 Å². The Bertz CT molecular complexity index is 870. The fourth-order valence-electron chi connectivity index (χ4n) is 2.07. The van der Waals surface area contributed by atoms with E-state index in [0.717, 1.165) is 18.6 Å². The topological polar surface area (TPSA) is 75.3 Å². The van der Waals surface area contributed by atoms with E-state index in [-0.39, 0.29) is 17.3 Å². The molecule has 0 saturated heterocycles. The quantitative estimate of drug-likeness (QED) is 0.789. The Hall–Kier alpha value is -2.32. The Morgan fingerprint density at radius 2 is 1.84 bits per heavy atom. The van der Waals surface area contributed by atoms with Gasteiger partial charge in [-0.25, -0.2) is 21.9 Å². The Labute approximate surface area is 145 Å². The normalized spacial score (nSPS) is 11.3. The van der Waals surface area contributed by atoms with Crippen LogP contribution in [0, 0.1) is 11.6 Å². The maximum absolute atomic E-state index is 13.2. The van der Waals surface area contributed by atoms with E-state index in [0.29, 0.717) is 23.7 Å². The van der Waals surface area contributed by atoms with Crippen molar-refractivity contribution in [1.29, 1.82) is 0 Å². The van der Waals surface area contributed by atoms with Gasteiger partial charge in [0.25, 0.3) is 5.91 Å². The molecule has 25 heavy (non-hydrogen) atoms. The van der Waals surface area contributed by atoms with Crippen molar-refractivity contribution in [3.05, 3.63) is 65.2 Å². The number of carbonyl (C=O) groups excluding carboxylic acids is 1. The second-order valence-electron chi connectivity index (χ2n) is 5.36. The number of sulfonamides is 1. The lowest BCUT2D eigenvalue weighted by molar-refractivity contribution is 0.0953. The van der Waals surface area contributed by atoms with Crippen molar-refractivity contribution < 1.29 is 22.0 Å². The van der Waals surface area contributed by atoms with E-state index in [1.54, 1.807) is 24.3 Å². The molecule has 2 rings (SSSR count). The van der Waals surface area contributed by atoms with E-state index in [1.165, 1.54) is 0 Å². The van der Waals surface area contributed by atoms with Crippen molar-refractivity contribution in [3.63, 3.8) is 0 Å². The lowest BCUT2D eigenvalue weighted by Gasteiger charge is -2.09. The van der Waals surface area contributed by atoms with Crippen LogP contribution in [0.4, 0.5) is 8.78 Å². The average Bonchev–Trinajstić information content (AvgIpc) is 2.60. The second kappa shape index (κ2) is 8.17. The second-order valence-corrected chi connectivity index (χ2v) is 7.12. The summed E-state index contributed by atoms with van der Waals surface area (Å²) in [5, 5.41) is 2.73. The van der Waals surface area contributed by atoms with Gasteiger partial charge in [-0.3, -0.25) is 4.79 Å². The van der Waals surface area contributed by atoms with Gasteiger partial charge in [0.15, 0.2) is 11.6 Å². The predicted octanol–water partition coefficient (Wildman–Crippen LogP) is 2.58. The minimum atomic E-state index is -4.00. The zero-order valence-corrected chi connectivity index (χ0v) is 14.4. The molecule has 0 unspecified atom stereocenters. The van der Waals surface area contributed by atoms with Crippen LogP contribution in [-0.2, 0) is 16.6 Å². The van der Waals surface area contributed by atoms with Crippen LogP contribution in [0.15, 0.2) is 47.4 Å². The number of hydrogen-bond acceptors (Lipinski definition) is 3.